The van der Waals surface area contributed by atoms with Gasteiger partial charge in [-0.2, -0.15) is 0 Å². The van der Waals surface area contributed by atoms with Gasteiger partial charge in [-0.15, -0.1) is 0 Å². The van der Waals surface area contributed by atoms with Crippen molar-refractivity contribution in [3.8, 4) is 0 Å². The summed E-state index contributed by atoms with van der Waals surface area (Å²) in [5.41, 5.74) is 0. The van der Waals surface area contributed by atoms with Gasteiger partial charge in [0.05, 0.1) is 0 Å². The number of rotatable bonds is 4. The summed E-state index contributed by atoms with van der Waals surface area (Å²) >= 11 is 0. The van der Waals surface area contributed by atoms with E-state index in [4.69, 9.17) is 0 Å². The van der Waals surface area contributed by atoms with Gasteiger partial charge in [-0.3, -0.25) is 4.90 Å². The standard InChI is InChI=1S/C13H26N2/c1-3-6-11(2)14-12-8-10-15-9-5-4-7-13(12)15/h11-14H,3-10H2,1-2H3. The molecule has 3 unspecified atom stereocenters. The molecule has 2 rings (SSSR count). The van der Waals surface area contributed by atoms with E-state index in [1.165, 1.54) is 51.6 Å². The summed E-state index contributed by atoms with van der Waals surface area (Å²) in [5.74, 6) is 0. The van der Waals surface area contributed by atoms with Crippen LogP contribution in [0, 0.1) is 0 Å². The average molecular weight is 210 g/mol. The van der Waals surface area contributed by atoms with E-state index in [1.807, 2.05) is 0 Å². The largest absolute Gasteiger partial charge is 0.310 e. The number of fused-ring (bicyclic) bond motifs is 1. The molecule has 2 nitrogen and oxygen atoms in total. The predicted octanol–water partition coefficient (Wildman–Crippen LogP) is 2.39. The summed E-state index contributed by atoms with van der Waals surface area (Å²) in [6.07, 6.45) is 8.29. The minimum absolute atomic E-state index is 0.710. The van der Waals surface area contributed by atoms with Crippen molar-refractivity contribution in [1.29, 1.82) is 0 Å². The van der Waals surface area contributed by atoms with E-state index in [9.17, 15) is 0 Å². The van der Waals surface area contributed by atoms with Crippen LogP contribution in [0.4, 0.5) is 0 Å². The van der Waals surface area contributed by atoms with Gasteiger partial charge in [0, 0.05) is 24.7 Å². The highest BCUT2D eigenvalue weighted by molar-refractivity contribution is 4.94. The van der Waals surface area contributed by atoms with Gasteiger partial charge in [0.25, 0.3) is 0 Å². The summed E-state index contributed by atoms with van der Waals surface area (Å²) in [5, 5.41) is 3.84. The van der Waals surface area contributed by atoms with Crippen molar-refractivity contribution >= 4 is 0 Å². The van der Waals surface area contributed by atoms with Crippen molar-refractivity contribution in [2.75, 3.05) is 13.1 Å². The third kappa shape index (κ3) is 2.73. The summed E-state index contributed by atoms with van der Waals surface area (Å²) in [6.45, 7) is 7.31. The van der Waals surface area contributed by atoms with Crippen molar-refractivity contribution in [1.82, 2.24) is 10.2 Å². The molecule has 0 bridgehead atoms. The third-order valence-electron chi connectivity index (χ3n) is 4.08. The first-order chi connectivity index (χ1) is 7.31. The number of hydrogen-bond donors (Lipinski definition) is 1. The fraction of sp³-hybridized carbons (Fsp3) is 1.00. The van der Waals surface area contributed by atoms with Crippen molar-refractivity contribution < 1.29 is 0 Å². The second kappa shape index (κ2) is 5.31. The van der Waals surface area contributed by atoms with Crippen molar-refractivity contribution in [2.24, 2.45) is 0 Å². The summed E-state index contributed by atoms with van der Waals surface area (Å²) < 4.78 is 0. The maximum Gasteiger partial charge on any atom is 0.0249 e. The van der Waals surface area contributed by atoms with Crippen LogP contribution in [-0.4, -0.2) is 36.1 Å². The van der Waals surface area contributed by atoms with Gasteiger partial charge in [0.2, 0.25) is 0 Å². The number of nitrogens with zero attached hydrogens (tertiary/aromatic N) is 1. The molecule has 0 amide bonds. The second-order valence-corrected chi connectivity index (χ2v) is 5.35. The van der Waals surface area contributed by atoms with Gasteiger partial charge in [-0.1, -0.05) is 19.8 Å². The molecule has 0 saturated carbocycles. The van der Waals surface area contributed by atoms with Crippen LogP contribution in [0.1, 0.15) is 52.4 Å². The Morgan fingerprint density at radius 2 is 2.13 bits per heavy atom. The summed E-state index contributed by atoms with van der Waals surface area (Å²) in [4.78, 5) is 2.71. The minimum Gasteiger partial charge on any atom is -0.310 e. The molecule has 2 saturated heterocycles. The molecule has 0 aromatic carbocycles. The highest BCUT2D eigenvalue weighted by Crippen LogP contribution is 2.27. The van der Waals surface area contributed by atoms with Crippen LogP contribution in [0.3, 0.4) is 0 Å². The molecule has 2 aliphatic heterocycles. The van der Waals surface area contributed by atoms with E-state index in [0.717, 1.165) is 12.1 Å². The first-order valence-electron chi connectivity index (χ1n) is 6.81. The maximum absolute atomic E-state index is 3.84. The fourth-order valence-corrected chi connectivity index (χ4v) is 3.32. The molecule has 0 aromatic heterocycles. The monoisotopic (exact) mass is 210 g/mol. The molecular formula is C13H26N2. The van der Waals surface area contributed by atoms with Crippen LogP contribution in [-0.2, 0) is 0 Å². The Labute approximate surface area is 94.4 Å². The van der Waals surface area contributed by atoms with E-state index in [-0.39, 0.29) is 0 Å². The molecule has 0 radical (unpaired) electrons. The Kier molecular flexibility index (Phi) is 4.04. The quantitative estimate of drug-likeness (QED) is 0.766. The Bertz CT molecular complexity index is 193. The zero-order valence-electron chi connectivity index (χ0n) is 10.3. The molecule has 2 heteroatoms. The Hall–Kier alpha value is -0.0800. The van der Waals surface area contributed by atoms with Crippen LogP contribution < -0.4 is 5.32 Å². The lowest BCUT2D eigenvalue weighted by Gasteiger charge is -2.33. The number of hydrogen-bond acceptors (Lipinski definition) is 2. The van der Waals surface area contributed by atoms with Crippen LogP contribution in [0.5, 0.6) is 0 Å². The predicted molar refractivity (Wildman–Crippen MR) is 65.1 cm³/mol. The van der Waals surface area contributed by atoms with Gasteiger partial charge < -0.3 is 5.32 Å². The van der Waals surface area contributed by atoms with Gasteiger partial charge in [-0.25, -0.2) is 0 Å². The lowest BCUT2D eigenvalue weighted by atomic mass is 9.98. The smallest absolute Gasteiger partial charge is 0.0249 e. The topological polar surface area (TPSA) is 15.3 Å². The third-order valence-corrected chi connectivity index (χ3v) is 4.08. The molecule has 0 aromatic rings. The molecular weight excluding hydrogens is 184 g/mol. The zero-order valence-corrected chi connectivity index (χ0v) is 10.3. The van der Waals surface area contributed by atoms with E-state index in [2.05, 4.69) is 24.1 Å². The normalized spacial score (nSPS) is 34.0. The van der Waals surface area contributed by atoms with Crippen molar-refractivity contribution in [3.05, 3.63) is 0 Å². The van der Waals surface area contributed by atoms with E-state index >= 15 is 0 Å². The van der Waals surface area contributed by atoms with Crippen LogP contribution in [0.25, 0.3) is 0 Å². The fourth-order valence-electron chi connectivity index (χ4n) is 3.32. The molecule has 3 atom stereocenters. The lowest BCUT2D eigenvalue weighted by Crippen LogP contribution is -2.47. The molecule has 0 spiro atoms. The highest BCUT2D eigenvalue weighted by Gasteiger charge is 2.35. The molecule has 0 aliphatic carbocycles. The first-order valence-corrected chi connectivity index (χ1v) is 6.81. The van der Waals surface area contributed by atoms with Crippen molar-refractivity contribution in [3.63, 3.8) is 0 Å². The van der Waals surface area contributed by atoms with Crippen LogP contribution in [0.2, 0.25) is 0 Å². The molecule has 2 heterocycles. The van der Waals surface area contributed by atoms with Gasteiger partial charge in [-0.05, 0) is 39.2 Å². The van der Waals surface area contributed by atoms with E-state index < -0.39 is 0 Å². The van der Waals surface area contributed by atoms with Crippen LogP contribution >= 0.6 is 0 Å². The second-order valence-electron chi connectivity index (χ2n) is 5.35. The van der Waals surface area contributed by atoms with Gasteiger partial charge in [0.15, 0.2) is 0 Å². The Balaban J connectivity index is 1.82. The summed E-state index contributed by atoms with van der Waals surface area (Å²) in [7, 11) is 0. The first kappa shape index (κ1) is 11.4. The molecule has 1 N–H and O–H groups in total. The van der Waals surface area contributed by atoms with E-state index in [0.29, 0.717) is 6.04 Å². The molecule has 2 aliphatic rings. The van der Waals surface area contributed by atoms with Gasteiger partial charge >= 0.3 is 0 Å². The highest BCUT2D eigenvalue weighted by atomic mass is 15.2. The molecule has 88 valence electrons. The molecule has 2 fully saturated rings. The average Bonchev–Trinajstić information content (AvgIpc) is 2.62. The number of nitrogens with one attached hydrogen (secondary N) is 1. The molecule has 15 heavy (non-hydrogen) atoms. The van der Waals surface area contributed by atoms with Gasteiger partial charge in [0.1, 0.15) is 0 Å². The minimum atomic E-state index is 0.710. The number of piperidine rings is 1. The van der Waals surface area contributed by atoms with Crippen LogP contribution in [0.15, 0.2) is 0 Å². The van der Waals surface area contributed by atoms with E-state index in [1.54, 1.807) is 0 Å². The van der Waals surface area contributed by atoms with Crippen molar-refractivity contribution in [2.45, 2.75) is 70.5 Å². The Morgan fingerprint density at radius 3 is 2.93 bits per heavy atom. The lowest BCUT2D eigenvalue weighted by molar-refractivity contribution is 0.176. The summed E-state index contributed by atoms with van der Waals surface area (Å²) in [6, 6.07) is 2.35. The Morgan fingerprint density at radius 1 is 1.27 bits per heavy atom. The SMILES string of the molecule is CCCC(C)NC1CCN2CCCCC12. The zero-order chi connectivity index (χ0) is 10.7. The maximum atomic E-state index is 3.84.